The number of fused-ring (bicyclic) bond motifs is 1. The number of benzene rings is 1. The topological polar surface area (TPSA) is 66.5 Å². The lowest BCUT2D eigenvalue weighted by Gasteiger charge is -2.18. The smallest absolute Gasteiger partial charge is 0.297 e. The molecule has 2 aromatic rings. The summed E-state index contributed by atoms with van der Waals surface area (Å²) in [6.07, 6.45) is 6.39. The molecule has 138 valence electrons. The fraction of sp³-hybridized carbons (Fsp3) is 0.550. The van der Waals surface area contributed by atoms with Gasteiger partial charge in [-0.2, -0.15) is 0 Å². The van der Waals surface area contributed by atoms with Gasteiger partial charge < -0.3 is 19.8 Å². The van der Waals surface area contributed by atoms with Gasteiger partial charge in [0.2, 0.25) is 5.75 Å². The Morgan fingerprint density at radius 2 is 1.80 bits per heavy atom. The van der Waals surface area contributed by atoms with Crippen molar-refractivity contribution in [2.24, 2.45) is 0 Å². The number of methoxy groups -OCH3 is 1. The molecule has 0 unspecified atom stereocenters. The average molecular weight is 346 g/mol. The van der Waals surface area contributed by atoms with Crippen LogP contribution in [-0.2, 0) is 6.54 Å². The first-order chi connectivity index (χ1) is 12.1. The zero-order valence-corrected chi connectivity index (χ0v) is 15.6. The summed E-state index contributed by atoms with van der Waals surface area (Å²) in [6.45, 7) is 5.50. The van der Waals surface area contributed by atoms with E-state index in [9.17, 15) is 4.79 Å². The summed E-state index contributed by atoms with van der Waals surface area (Å²) in [5, 5.41) is 0.872. The van der Waals surface area contributed by atoms with Gasteiger partial charge in [-0.1, -0.05) is 39.5 Å². The van der Waals surface area contributed by atoms with Crippen molar-refractivity contribution in [3.05, 3.63) is 28.6 Å². The Kier molecular flexibility index (Phi) is 7.16. The molecule has 5 nitrogen and oxygen atoms in total. The van der Waals surface area contributed by atoms with E-state index < -0.39 is 0 Å². The third-order valence-corrected chi connectivity index (χ3v) is 4.39. The minimum absolute atomic E-state index is 0.155. The van der Waals surface area contributed by atoms with Crippen LogP contribution < -0.4 is 20.8 Å². The van der Waals surface area contributed by atoms with Gasteiger partial charge in [-0.25, -0.2) is 0 Å². The van der Waals surface area contributed by atoms with Crippen LogP contribution in [0.5, 0.6) is 11.5 Å². The molecule has 1 aromatic heterocycles. The standard InChI is InChI=1S/C20H30N2O3/c1-4-6-8-9-13-25-18-16-11-10-15(21)14-17(16)22(12-7-5-2)20(23)19(18)24-3/h10-11,14H,4-9,12-13,21H2,1-3H3. The Balaban J connectivity index is 2.47. The summed E-state index contributed by atoms with van der Waals surface area (Å²) in [6, 6.07) is 5.59. The fourth-order valence-corrected chi connectivity index (χ4v) is 2.98. The highest BCUT2D eigenvalue weighted by atomic mass is 16.5. The van der Waals surface area contributed by atoms with Crippen molar-refractivity contribution in [2.45, 2.75) is 58.9 Å². The molecule has 0 aliphatic rings. The summed E-state index contributed by atoms with van der Waals surface area (Å²) < 4.78 is 13.2. The second-order valence-corrected chi connectivity index (χ2v) is 6.36. The van der Waals surface area contributed by atoms with Gasteiger partial charge in [-0.3, -0.25) is 4.79 Å². The van der Waals surface area contributed by atoms with E-state index in [1.165, 1.54) is 20.0 Å². The number of aromatic nitrogens is 1. The predicted molar refractivity (Wildman–Crippen MR) is 104 cm³/mol. The molecule has 1 heterocycles. The molecule has 1 aromatic carbocycles. The largest absolute Gasteiger partial charge is 0.489 e. The Morgan fingerprint density at radius 1 is 1.04 bits per heavy atom. The van der Waals surface area contributed by atoms with Gasteiger partial charge in [0, 0.05) is 17.6 Å². The van der Waals surface area contributed by atoms with Crippen LogP contribution in [0.1, 0.15) is 52.4 Å². The van der Waals surface area contributed by atoms with Crippen LogP contribution in [0.15, 0.2) is 23.0 Å². The maximum atomic E-state index is 12.9. The molecule has 5 heteroatoms. The van der Waals surface area contributed by atoms with Gasteiger partial charge in [0.25, 0.3) is 5.56 Å². The van der Waals surface area contributed by atoms with Gasteiger partial charge in [-0.15, -0.1) is 0 Å². The first-order valence-corrected chi connectivity index (χ1v) is 9.26. The van der Waals surface area contributed by atoms with Crippen LogP contribution in [0.3, 0.4) is 0 Å². The van der Waals surface area contributed by atoms with Gasteiger partial charge in [0.05, 0.1) is 19.2 Å². The Hall–Kier alpha value is -2.17. The monoisotopic (exact) mass is 346 g/mol. The molecule has 2 rings (SSSR count). The van der Waals surface area contributed by atoms with Crippen LogP contribution in [0, 0.1) is 0 Å². The molecule has 0 bridgehead atoms. The van der Waals surface area contributed by atoms with Crippen molar-refractivity contribution in [1.82, 2.24) is 4.57 Å². The summed E-state index contributed by atoms with van der Waals surface area (Å²) in [4.78, 5) is 12.9. The van der Waals surface area contributed by atoms with E-state index in [0.29, 0.717) is 24.6 Å². The third kappa shape index (κ3) is 4.47. The van der Waals surface area contributed by atoms with E-state index in [-0.39, 0.29) is 11.3 Å². The number of unbranched alkanes of at least 4 members (excludes halogenated alkanes) is 4. The summed E-state index contributed by atoms with van der Waals surface area (Å²) in [5.74, 6) is 0.815. The first kappa shape index (κ1) is 19.2. The molecule has 0 atom stereocenters. The molecule has 25 heavy (non-hydrogen) atoms. The van der Waals surface area contributed by atoms with E-state index in [1.54, 1.807) is 4.57 Å². The number of rotatable bonds is 10. The SMILES string of the molecule is CCCCCCOc1c(OC)c(=O)n(CCCC)c2cc(N)ccc12. The maximum absolute atomic E-state index is 12.9. The van der Waals surface area contributed by atoms with E-state index in [0.717, 1.165) is 36.6 Å². The Morgan fingerprint density at radius 3 is 2.48 bits per heavy atom. The fourth-order valence-electron chi connectivity index (χ4n) is 2.98. The number of pyridine rings is 1. The third-order valence-electron chi connectivity index (χ3n) is 4.39. The maximum Gasteiger partial charge on any atom is 0.297 e. The van der Waals surface area contributed by atoms with Crippen molar-refractivity contribution < 1.29 is 9.47 Å². The summed E-state index contributed by atoms with van der Waals surface area (Å²) >= 11 is 0. The lowest BCUT2D eigenvalue weighted by atomic mass is 10.1. The zero-order valence-electron chi connectivity index (χ0n) is 15.6. The number of hydrogen-bond acceptors (Lipinski definition) is 4. The van der Waals surface area contributed by atoms with Crippen molar-refractivity contribution in [3.63, 3.8) is 0 Å². The second-order valence-electron chi connectivity index (χ2n) is 6.36. The highest BCUT2D eigenvalue weighted by molar-refractivity contribution is 5.90. The summed E-state index contributed by atoms with van der Waals surface area (Å²) in [7, 11) is 1.52. The molecule has 0 fully saturated rings. The normalized spacial score (nSPS) is 11.0. The number of ether oxygens (including phenoxy) is 2. The predicted octanol–water partition coefficient (Wildman–Crippen LogP) is 4.35. The molecular weight excluding hydrogens is 316 g/mol. The molecule has 2 N–H and O–H groups in total. The highest BCUT2D eigenvalue weighted by Gasteiger charge is 2.19. The van der Waals surface area contributed by atoms with Gasteiger partial charge >= 0.3 is 0 Å². The van der Waals surface area contributed by atoms with Gasteiger partial charge in [-0.05, 0) is 31.0 Å². The molecular formula is C20H30N2O3. The Bertz CT molecular complexity index is 753. The van der Waals surface area contributed by atoms with Crippen molar-refractivity contribution in [2.75, 3.05) is 19.5 Å². The molecule has 0 saturated carbocycles. The van der Waals surface area contributed by atoms with Crippen LogP contribution >= 0.6 is 0 Å². The van der Waals surface area contributed by atoms with Crippen LogP contribution in [0.4, 0.5) is 5.69 Å². The number of hydrogen-bond donors (Lipinski definition) is 1. The van der Waals surface area contributed by atoms with Crippen LogP contribution in [-0.4, -0.2) is 18.3 Å². The molecule has 0 radical (unpaired) electrons. The van der Waals surface area contributed by atoms with Crippen molar-refractivity contribution in [3.8, 4) is 11.5 Å². The van der Waals surface area contributed by atoms with E-state index in [2.05, 4.69) is 13.8 Å². The van der Waals surface area contributed by atoms with Crippen molar-refractivity contribution >= 4 is 16.6 Å². The molecule has 0 aliphatic carbocycles. The number of aryl methyl sites for hydroxylation is 1. The number of nitrogens with zero attached hydrogens (tertiary/aromatic N) is 1. The molecule has 0 aliphatic heterocycles. The van der Waals surface area contributed by atoms with Gasteiger partial charge in [0.1, 0.15) is 0 Å². The average Bonchev–Trinajstić information content (AvgIpc) is 2.61. The van der Waals surface area contributed by atoms with Gasteiger partial charge in [0.15, 0.2) is 5.75 Å². The van der Waals surface area contributed by atoms with E-state index >= 15 is 0 Å². The number of nitrogen functional groups attached to an aromatic ring is 1. The lowest BCUT2D eigenvalue weighted by molar-refractivity contribution is 0.285. The minimum atomic E-state index is -0.155. The minimum Gasteiger partial charge on any atom is -0.489 e. The first-order valence-electron chi connectivity index (χ1n) is 9.26. The van der Waals surface area contributed by atoms with Crippen LogP contribution in [0.25, 0.3) is 10.9 Å². The molecule has 0 saturated heterocycles. The van der Waals surface area contributed by atoms with Crippen molar-refractivity contribution in [1.29, 1.82) is 0 Å². The number of nitrogens with two attached hydrogens (primary N) is 1. The number of anilines is 1. The molecule has 0 spiro atoms. The highest BCUT2D eigenvalue weighted by Crippen LogP contribution is 2.34. The quantitative estimate of drug-likeness (QED) is 0.513. The summed E-state index contributed by atoms with van der Waals surface area (Å²) in [5.41, 5.74) is 7.25. The zero-order chi connectivity index (χ0) is 18.2. The van der Waals surface area contributed by atoms with E-state index in [1.807, 2.05) is 18.2 Å². The Labute approximate surface area is 149 Å². The lowest BCUT2D eigenvalue weighted by Crippen LogP contribution is -2.23. The second kappa shape index (κ2) is 9.35. The molecule has 0 amide bonds. The van der Waals surface area contributed by atoms with Crippen LogP contribution in [0.2, 0.25) is 0 Å². The van der Waals surface area contributed by atoms with E-state index in [4.69, 9.17) is 15.2 Å².